The molecule has 1 aromatic carbocycles. The first-order valence-corrected chi connectivity index (χ1v) is 9.23. The second-order valence-corrected chi connectivity index (χ2v) is 7.55. The van der Waals surface area contributed by atoms with E-state index in [9.17, 15) is 19.2 Å². The number of nitrogens with two attached hydrogens (primary N) is 1. The number of hydrogen-bond donors (Lipinski definition) is 2. The zero-order chi connectivity index (χ0) is 19.7. The number of carboxylic acid groups (broad SMARTS) is 1. The number of nitrogens with zero attached hydrogens (tertiary/aromatic N) is 2. The molecule has 3 N–H and O–H groups in total. The van der Waals surface area contributed by atoms with E-state index < -0.39 is 23.7 Å². The molecule has 2 aliphatic rings. The van der Waals surface area contributed by atoms with Gasteiger partial charge in [-0.05, 0) is 12.5 Å². The molecule has 0 saturated carbocycles. The first-order valence-electron chi connectivity index (χ1n) is 8.00. The number of hydrogen-bond acceptors (Lipinski definition) is 6. The second kappa shape index (κ2) is 7.49. The van der Waals surface area contributed by atoms with E-state index in [1.165, 1.54) is 9.80 Å². The van der Waals surface area contributed by atoms with E-state index in [0.717, 1.165) is 11.8 Å². The molecule has 2 heterocycles. The van der Waals surface area contributed by atoms with Crippen molar-refractivity contribution in [1.82, 2.24) is 4.90 Å². The number of rotatable bonds is 6. The maximum atomic E-state index is 12.9. The van der Waals surface area contributed by atoms with Crippen molar-refractivity contribution in [1.29, 1.82) is 0 Å². The summed E-state index contributed by atoms with van der Waals surface area (Å²) >= 11 is 6.24. The number of fused-ring (bicyclic) bond motifs is 1. The normalized spacial score (nSPS) is 19.0. The highest BCUT2D eigenvalue weighted by molar-refractivity contribution is 8.26. The number of thioether (sulfide) groups is 1. The van der Waals surface area contributed by atoms with Gasteiger partial charge in [0.15, 0.2) is 0 Å². The lowest BCUT2D eigenvalue weighted by molar-refractivity contribution is -0.137. The molecule has 1 fully saturated rings. The molecule has 2 aliphatic heterocycles. The van der Waals surface area contributed by atoms with Crippen molar-refractivity contribution >= 4 is 63.3 Å². The summed E-state index contributed by atoms with van der Waals surface area (Å²) in [6.07, 6.45) is 0.167. The van der Waals surface area contributed by atoms with E-state index in [2.05, 4.69) is 0 Å². The van der Waals surface area contributed by atoms with Gasteiger partial charge in [-0.15, -0.1) is 0 Å². The molecular formula is C17H15N3O5S2. The fraction of sp³-hybridized carbons (Fsp3) is 0.235. The number of carbonyl (C=O) groups excluding carboxylic acids is 3. The Morgan fingerprint density at radius 1 is 1.15 bits per heavy atom. The van der Waals surface area contributed by atoms with Crippen molar-refractivity contribution in [2.45, 2.75) is 12.8 Å². The molecule has 1 saturated heterocycles. The van der Waals surface area contributed by atoms with Crippen LogP contribution in [0.2, 0.25) is 0 Å². The van der Waals surface area contributed by atoms with Crippen LogP contribution in [0.15, 0.2) is 29.2 Å². The molecule has 27 heavy (non-hydrogen) atoms. The van der Waals surface area contributed by atoms with Crippen LogP contribution < -0.4 is 10.6 Å². The molecule has 0 bridgehead atoms. The molecule has 0 unspecified atom stereocenters. The largest absolute Gasteiger partial charge is 0.481 e. The van der Waals surface area contributed by atoms with Gasteiger partial charge < -0.3 is 10.8 Å². The lowest BCUT2D eigenvalue weighted by Crippen LogP contribution is -2.36. The molecule has 0 spiro atoms. The third kappa shape index (κ3) is 3.58. The minimum absolute atomic E-state index is 0.0862. The smallest absolute Gasteiger partial charge is 0.303 e. The average molecular weight is 405 g/mol. The van der Waals surface area contributed by atoms with Gasteiger partial charge in [-0.3, -0.25) is 29.0 Å². The molecule has 0 radical (unpaired) electrons. The quantitative estimate of drug-likeness (QED) is 0.534. The predicted molar refractivity (Wildman–Crippen MR) is 104 cm³/mol. The number of anilines is 1. The fourth-order valence-corrected chi connectivity index (χ4v) is 4.32. The Morgan fingerprint density at radius 3 is 2.52 bits per heavy atom. The van der Waals surface area contributed by atoms with Crippen LogP contribution in [0.25, 0.3) is 5.57 Å². The minimum Gasteiger partial charge on any atom is -0.481 e. The molecule has 1 aromatic rings. The van der Waals surface area contributed by atoms with Crippen molar-refractivity contribution in [3.05, 3.63) is 34.7 Å². The van der Waals surface area contributed by atoms with Gasteiger partial charge in [0, 0.05) is 18.5 Å². The monoisotopic (exact) mass is 405 g/mol. The van der Waals surface area contributed by atoms with Crippen molar-refractivity contribution in [3.8, 4) is 0 Å². The number of para-hydroxylation sites is 1. The number of benzene rings is 1. The van der Waals surface area contributed by atoms with E-state index in [-0.39, 0.29) is 40.7 Å². The maximum Gasteiger partial charge on any atom is 0.303 e. The molecule has 140 valence electrons. The van der Waals surface area contributed by atoms with Crippen molar-refractivity contribution in [2.75, 3.05) is 18.0 Å². The molecule has 3 amide bonds. The highest BCUT2D eigenvalue weighted by atomic mass is 32.2. The molecular weight excluding hydrogens is 390 g/mol. The summed E-state index contributed by atoms with van der Waals surface area (Å²) in [4.78, 5) is 50.5. The van der Waals surface area contributed by atoms with Gasteiger partial charge in [-0.25, -0.2) is 0 Å². The van der Waals surface area contributed by atoms with E-state index in [4.69, 9.17) is 23.1 Å². The van der Waals surface area contributed by atoms with Crippen LogP contribution >= 0.6 is 24.0 Å². The Kier molecular flexibility index (Phi) is 5.29. The molecule has 0 atom stereocenters. The van der Waals surface area contributed by atoms with Crippen molar-refractivity contribution in [2.24, 2.45) is 5.73 Å². The Hall–Kier alpha value is -2.72. The topological polar surface area (TPSA) is 121 Å². The Labute approximate surface area is 164 Å². The zero-order valence-corrected chi connectivity index (χ0v) is 15.6. The lowest BCUT2D eigenvalue weighted by atomic mass is 10.1. The fourth-order valence-electron chi connectivity index (χ4n) is 2.94. The highest BCUT2D eigenvalue weighted by Gasteiger charge is 2.42. The summed E-state index contributed by atoms with van der Waals surface area (Å²) in [6.45, 7) is -0.132. The van der Waals surface area contributed by atoms with Crippen LogP contribution in [0.5, 0.6) is 0 Å². The standard InChI is InChI=1S/C17H15N3O5S2/c18-11(21)8-20-10-5-2-1-4-9(10)13(15(20)24)14-16(25)19(17(26)27-14)7-3-6-12(22)23/h1-2,4-5H,3,6-8H2,(H2,18,21)(H,22,23)/b14-13+. The average Bonchev–Trinajstić information content (AvgIpc) is 3.02. The summed E-state index contributed by atoms with van der Waals surface area (Å²) in [6, 6.07) is 6.82. The van der Waals surface area contributed by atoms with E-state index in [1.807, 2.05) is 0 Å². The van der Waals surface area contributed by atoms with Crippen LogP contribution in [0, 0.1) is 0 Å². The van der Waals surface area contributed by atoms with Gasteiger partial charge >= 0.3 is 5.97 Å². The first kappa shape index (κ1) is 19.1. The first-order chi connectivity index (χ1) is 12.8. The van der Waals surface area contributed by atoms with Gasteiger partial charge in [0.2, 0.25) is 5.91 Å². The van der Waals surface area contributed by atoms with Gasteiger partial charge in [0.1, 0.15) is 10.9 Å². The Morgan fingerprint density at radius 2 is 1.85 bits per heavy atom. The van der Waals surface area contributed by atoms with Crippen LogP contribution in [0.3, 0.4) is 0 Å². The molecule has 0 aromatic heterocycles. The second-order valence-electron chi connectivity index (χ2n) is 5.90. The Balaban J connectivity index is 1.96. The number of primary amides is 1. The van der Waals surface area contributed by atoms with Gasteiger partial charge in [0.25, 0.3) is 11.8 Å². The summed E-state index contributed by atoms with van der Waals surface area (Å²) in [7, 11) is 0. The van der Waals surface area contributed by atoms with Crippen LogP contribution in [-0.2, 0) is 19.2 Å². The van der Waals surface area contributed by atoms with E-state index in [1.54, 1.807) is 24.3 Å². The number of aliphatic carboxylic acids is 1. The number of amides is 3. The summed E-state index contributed by atoms with van der Waals surface area (Å²) < 4.78 is 0.270. The maximum absolute atomic E-state index is 12.9. The Bertz CT molecular complexity index is 912. The minimum atomic E-state index is -0.958. The highest BCUT2D eigenvalue weighted by Crippen LogP contribution is 2.44. The zero-order valence-electron chi connectivity index (χ0n) is 14.0. The van der Waals surface area contributed by atoms with Gasteiger partial charge in [-0.2, -0.15) is 0 Å². The number of thiocarbonyl (C=S) groups is 1. The SMILES string of the molecule is NC(=O)CN1C(=O)/C(=C2/SC(=S)N(CCCC(=O)O)C2=O)c2ccccc21. The number of carboxylic acids is 1. The molecule has 0 aliphatic carbocycles. The van der Waals surface area contributed by atoms with Gasteiger partial charge in [0.05, 0.1) is 16.2 Å². The van der Waals surface area contributed by atoms with Crippen LogP contribution in [-0.4, -0.2) is 51.1 Å². The third-order valence-electron chi connectivity index (χ3n) is 4.09. The lowest BCUT2D eigenvalue weighted by Gasteiger charge is -2.14. The van der Waals surface area contributed by atoms with Gasteiger partial charge in [-0.1, -0.05) is 42.2 Å². The molecule has 10 heteroatoms. The van der Waals surface area contributed by atoms with Crippen molar-refractivity contribution in [3.63, 3.8) is 0 Å². The van der Waals surface area contributed by atoms with Crippen LogP contribution in [0.4, 0.5) is 5.69 Å². The summed E-state index contributed by atoms with van der Waals surface area (Å²) in [5.74, 6) is -2.54. The van der Waals surface area contributed by atoms with Crippen LogP contribution in [0.1, 0.15) is 18.4 Å². The van der Waals surface area contributed by atoms with E-state index >= 15 is 0 Å². The van der Waals surface area contributed by atoms with Crippen molar-refractivity contribution < 1.29 is 24.3 Å². The summed E-state index contributed by atoms with van der Waals surface area (Å²) in [5.41, 5.74) is 6.47. The molecule has 3 rings (SSSR count). The predicted octanol–water partition coefficient (Wildman–Crippen LogP) is 0.955. The third-order valence-corrected chi connectivity index (χ3v) is 5.53. The molecule has 8 nitrogen and oxygen atoms in total. The van der Waals surface area contributed by atoms with E-state index in [0.29, 0.717) is 11.3 Å². The summed E-state index contributed by atoms with van der Waals surface area (Å²) in [5, 5.41) is 8.75. The number of carbonyl (C=O) groups is 4.